The minimum atomic E-state index is -3.68. The molecule has 0 spiro atoms. The summed E-state index contributed by atoms with van der Waals surface area (Å²) in [7, 11) is -3.68. The van der Waals surface area contributed by atoms with E-state index in [0.29, 0.717) is 18.0 Å². The Kier molecular flexibility index (Phi) is 8.08. The van der Waals surface area contributed by atoms with Crippen LogP contribution in [0, 0.1) is 24.2 Å². The molecule has 1 amide bonds. The molecular weight excluding hydrogens is 446 g/mol. The third kappa shape index (κ3) is 6.46. The van der Waals surface area contributed by atoms with E-state index in [-0.39, 0.29) is 23.3 Å². The van der Waals surface area contributed by atoms with E-state index >= 15 is 0 Å². The van der Waals surface area contributed by atoms with Crippen molar-refractivity contribution in [2.24, 2.45) is 5.92 Å². The first-order valence-electron chi connectivity index (χ1n) is 11.1. The summed E-state index contributed by atoms with van der Waals surface area (Å²) in [6, 6.07) is 23.6. The van der Waals surface area contributed by atoms with Gasteiger partial charge in [0.05, 0.1) is 16.9 Å². The zero-order valence-corrected chi connectivity index (χ0v) is 20.4. The van der Waals surface area contributed by atoms with Crippen molar-refractivity contribution in [1.82, 2.24) is 5.32 Å². The van der Waals surface area contributed by atoms with E-state index in [4.69, 9.17) is 5.26 Å². The molecule has 1 atom stereocenters. The van der Waals surface area contributed by atoms with Gasteiger partial charge in [-0.2, -0.15) is 5.26 Å². The number of hydrogen-bond donors (Lipinski definition) is 2. The molecule has 0 saturated heterocycles. The third-order valence-electron chi connectivity index (χ3n) is 5.42. The molecule has 1 unspecified atom stereocenters. The summed E-state index contributed by atoms with van der Waals surface area (Å²) < 4.78 is 28.0. The van der Waals surface area contributed by atoms with Crippen LogP contribution in [0.25, 0.3) is 11.1 Å². The molecule has 0 heterocycles. The zero-order chi connectivity index (χ0) is 24.7. The SMILES string of the molecule is Cc1cccc(S(=O)(=O)Nc2ccc(-c3cccc(C(CC(C)C)C(=O)NCC#N)c3)cc2)c1. The first-order valence-corrected chi connectivity index (χ1v) is 12.6. The van der Waals surface area contributed by atoms with Gasteiger partial charge in [0.25, 0.3) is 10.0 Å². The highest BCUT2D eigenvalue weighted by Crippen LogP contribution is 2.29. The van der Waals surface area contributed by atoms with Gasteiger partial charge in [0.15, 0.2) is 0 Å². The van der Waals surface area contributed by atoms with E-state index in [9.17, 15) is 13.2 Å². The van der Waals surface area contributed by atoms with Gasteiger partial charge in [0, 0.05) is 5.69 Å². The van der Waals surface area contributed by atoms with Crippen molar-refractivity contribution in [3.8, 4) is 17.2 Å². The van der Waals surface area contributed by atoms with Crippen LogP contribution >= 0.6 is 0 Å². The van der Waals surface area contributed by atoms with Crippen molar-refractivity contribution in [3.63, 3.8) is 0 Å². The number of carbonyl (C=O) groups is 1. The number of amides is 1. The van der Waals surface area contributed by atoms with Crippen molar-refractivity contribution in [3.05, 3.63) is 83.9 Å². The molecule has 3 aromatic carbocycles. The Morgan fingerprint density at radius 2 is 1.68 bits per heavy atom. The van der Waals surface area contributed by atoms with Gasteiger partial charge in [-0.25, -0.2) is 8.42 Å². The van der Waals surface area contributed by atoms with Crippen LogP contribution in [0.1, 0.15) is 37.3 Å². The van der Waals surface area contributed by atoms with E-state index in [1.165, 1.54) is 0 Å². The molecule has 3 aromatic rings. The molecule has 176 valence electrons. The lowest BCUT2D eigenvalue weighted by Gasteiger charge is -2.19. The molecule has 0 aliphatic rings. The fraction of sp³-hybridized carbons (Fsp3) is 0.259. The summed E-state index contributed by atoms with van der Waals surface area (Å²) >= 11 is 0. The predicted molar refractivity (Wildman–Crippen MR) is 135 cm³/mol. The summed E-state index contributed by atoms with van der Waals surface area (Å²) in [4.78, 5) is 12.9. The summed E-state index contributed by atoms with van der Waals surface area (Å²) in [5.74, 6) is -0.204. The van der Waals surface area contributed by atoms with Gasteiger partial charge < -0.3 is 5.32 Å². The van der Waals surface area contributed by atoms with E-state index in [1.807, 2.05) is 55.5 Å². The maximum atomic E-state index is 12.7. The molecule has 34 heavy (non-hydrogen) atoms. The standard InChI is InChI=1S/C27H29N3O3S/c1-19(2)16-26(27(31)29-15-14-28)23-8-5-7-22(18-23)21-10-12-24(13-11-21)30-34(32,33)25-9-4-6-20(3)17-25/h4-13,17-19,26,30H,15-16H2,1-3H3,(H,29,31). The fourth-order valence-electron chi connectivity index (χ4n) is 3.78. The van der Waals surface area contributed by atoms with Crippen LogP contribution in [0.3, 0.4) is 0 Å². The van der Waals surface area contributed by atoms with Crippen LogP contribution in [0.5, 0.6) is 0 Å². The van der Waals surface area contributed by atoms with Crippen LogP contribution in [0.15, 0.2) is 77.7 Å². The Hall–Kier alpha value is -3.63. The maximum Gasteiger partial charge on any atom is 0.261 e. The Bertz CT molecular complexity index is 1290. The van der Waals surface area contributed by atoms with E-state index in [0.717, 1.165) is 22.3 Å². The lowest BCUT2D eigenvalue weighted by atomic mass is 9.88. The van der Waals surface area contributed by atoms with Gasteiger partial charge in [-0.1, -0.05) is 62.4 Å². The Balaban J connectivity index is 1.82. The topological polar surface area (TPSA) is 99.1 Å². The lowest BCUT2D eigenvalue weighted by Crippen LogP contribution is -2.30. The zero-order valence-electron chi connectivity index (χ0n) is 19.6. The van der Waals surface area contributed by atoms with Gasteiger partial charge in [-0.3, -0.25) is 9.52 Å². The van der Waals surface area contributed by atoms with Gasteiger partial charge >= 0.3 is 0 Å². The van der Waals surface area contributed by atoms with Gasteiger partial charge in [-0.15, -0.1) is 0 Å². The van der Waals surface area contributed by atoms with Crippen LogP contribution in [-0.2, 0) is 14.8 Å². The van der Waals surface area contributed by atoms with Crippen LogP contribution in [0.4, 0.5) is 5.69 Å². The first kappa shape index (κ1) is 25.0. The highest BCUT2D eigenvalue weighted by molar-refractivity contribution is 7.92. The van der Waals surface area contributed by atoms with Gasteiger partial charge in [0.1, 0.15) is 6.54 Å². The third-order valence-corrected chi connectivity index (χ3v) is 6.80. The smallest absolute Gasteiger partial charge is 0.261 e. The molecule has 3 rings (SSSR count). The Labute approximate surface area is 201 Å². The van der Waals surface area contributed by atoms with Crippen molar-refractivity contribution in [2.75, 3.05) is 11.3 Å². The van der Waals surface area contributed by atoms with Crippen LogP contribution in [-0.4, -0.2) is 20.9 Å². The van der Waals surface area contributed by atoms with E-state index < -0.39 is 10.0 Å². The number of aryl methyl sites for hydroxylation is 1. The molecule has 2 N–H and O–H groups in total. The predicted octanol–water partition coefficient (Wildman–Crippen LogP) is 5.23. The summed E-state index contributed by atoms with van der Waals surface area (Å²) in [6.45, 7) is 5.95. The molecular formula is C27H29N3O3S. The largest absolute Gasteiger partial charge is 0.342 e. The second-order valence-electron chi connectivity index (χ2n) is 8.68. The highest BCUT2D eigenvalue weighted by atomic mass is 32.2. The Morgan fingerprint density at radius 3 is 2.32 bits per heavy atom. The van der Waals surface area contributed by atoms with Crippen molar-refractivity contribution >= 4 is 21.6 Å². The molecule has 0 aromatic heterocycles. The van der Waals surface area contributed by atoms with Gasteiger partial charge in [-0.05, 0) is 65.8 Å². The van der Waals surface area contributed by atoms with E-state index in [2.05, 4.69) is 23.9 Å². The Morgan fingerprint density at radius 1 is 0.971 bits per heavy atom. The van der Waals surface area contributed by atoms with E-state index in [1.54, 1.807) is 30.3 Å². The second kappa shape index (κ2) is 11.0. The van der Waals surface area contributed by atoms with Crippen molar-refractivity contribution < 1.29 is 13.2 Å². The van der Waals surface area contributed by atoms with Crippen molar-refractivity contribution in [1.29, 1.82) is 5.26 Å². The number of nitrogens with one attached hydrogen (secondary N) is 2. The number of carbonyl (C=O) groups excluding carboxylic acids is 1. The first-order chi connectivity index (χ1) is 16.2. The number of anilines is 1. The molecule has 0 aliphatic carbocycles. The average Bonchev–Trinajstić information content (AvgIpc) is 2.81. The minimum Gasteiger partial charge on any atom is -0.342 e. The number of rotatable bonds is 9. The molecule has 0 radical (unpaired) electrons. The monoisotopic (exact) mass is 475 g/mol. The quantitative estimate of drug-likeness (QED) is 0.414. The summed E-state index contributed by atoms with van der Waals surface area (Å²) in [6.07, 6.45) is 0.667. The van der Waals surface area contributed by atoms with Crippen LogP contribution in [0.2, 0.25) is 0 Å². The lowest BCUT2D eigenvalue weighted by molar-refractivity contribution is -0.122. The minimum absolute atomic E-state index is 0.0208. The number of nitriles is 1. The molecule has 0 fully saturated rings. The number of benzene rings is 3. The molecule has 0 aliphatic heterocycles. The van der Waals surface area contributed by atoms with Crippen molar-refractivity contribution in [2.45, 2.75) is 38.0 Å². The average molecular weight is 476 g/mol. The molecule has 6 nitrogen and oxygen atoms in total. The van der Waals surface area contributed by atoms with Gasteiger partial charge in [0.2, 0.25) is 5.91 Å². The number of sulfonamides is 1. The molecule has 0 bridgehead atoms. The highest BCUT2D eigenvalue weighted by Gasteiger charge is 2.22. The molecule has 0 saturated carbocycles. The fourth-order valence-corrected chi connectivity index (χ4v) is 4.94. The maximum absolute atomic E-state index is 12.7. The summed E-state index contributed by atoms with van der Waals surface area (Å²) in [5.41, 5.74) is 4.05. The summed E-state index contributed by atoms with van der Waals surface area (Å²) in [5, 5.41) is 11.5. The second-order valence-corrected chi connectivity index (χ2v) is 10.4. The van der Waals surface area contributed by atoms with Crippen LogP contribution < -0.4 is 10.0 Å². The normalized spacial score (nSPS) is 12.1. The number of hydrogen-bond acceptors (Lipinski definition) is 4. The molecule has 7 heteroatoms. The number of nitrogens with zero attached hydrogens (tertiary/aromatic N) is 1.